The number of benzene rings is 2. The number of fused-ring (bicyclic) bond motifs is 2. The molecule has 0 aliphatic carbocycles. The molecule has 1 amide bonds. The Hall–Kier alpha value is -3.19. The van der Waals surface area contributed by atoms with Crippen molar-refractivity contribution in [3.63, 3.8) is 0 Å². The molecule has 1 N–H and O–H groups in total. The summed E-state index contributed by atoms with van der Waals surface area (Å²) in [6.45, 7) is 5.93. The second-order valence-electron chi connectivity index (χ2n) is 7.17. The van der Waals surface area contributed by atoms with Crippen LogP contribution in [0.2, 0.25) is 0 Å². The predicted octanol–water partition coefficient (Wildman–Crippen LogP) is 3.34. The molecule has 2 aromatic carbocycles. The molecule has 6 nitrogen and oxygen atoms in total. The summed E-state index contributed by atoms with van der Waals surface area (Å²) >= 11 is 5.30. The summed E-state index contributed by atoms with van der Waals surface area (Å²) in [5.74, 6) is -0.0633. The molecule has 0 bridgehead atoms. The lowest BCUT2D eigenvalue weighted by molar-refractivity contribution is 0.0752. The molecule has 0 spiro atoms. The highest BCUT2D eigenvalue weighted by Crippen LogP contribution is 2.25. The van der Waals surface area contributed by atoms with Crippen molar-refractivity contribution in [1.82, 2.24) is 14.5 Å². The SMILES string of the molecule is C=CCn1c(=S)[nH]c2cc(C(=O)N3CCN(C)c4ccccc4C3)ccc2c1=O. The van der Waals surface area contributed by atoms with Gasteiger partial charge in [0, 0.05) is 44.5 Å². The molecule has 1 aliphatic heterocycles. The van der Waals surface area contributed by atoms with Crippen LogP contribution in [-0.4, -0.2) is 40.5 Å². The van der Waals surface area contributed by atoms with E-state index in [-0.39, 0.29) is 11.5 Å². The van der Waals surface area contributed by atoms with Crippen molar-refractivity contribution >= 4 is 34.7 Å². The number of carbonyl (C=O) groups excluding carboxylic acids is 1. The van der Waals surface area contributed by atoms with Gasteiger partial charge in [0.05, 0.1) is 10.9 Å². The minimum atomic E-state index is -0.187. The van der Waals surface area contributed by atoms with E-state index < -0.39 is 0 Å². The highest BCUT2D eigenvalue weighted by molar-refractivity contribution is 7.71. The van der Waals surface area contributed by atoms with Gasteiger partial charge >= 0.3 is 0 Å². The number of hydrogen-bond acceptors (Lipinski definition) is 4. The number of para-hydroxylation sites is 1. The second-order valence-corrected chi connectivity index (χ2v) is 7.56. The van der Waals surface area contributed by atoms with Crippen LogP contribution in [0.5, 0.6) is 0 Å². The third-order valence-corrected chi connectivity index (χ3v) is 5.62. The van der Waals surface area contributed by atoms with Gasteiger partial charge < -0.3 is 14.8 Å². The van der Waals surface area contributed by atoms with Gasteiger partial charge in [-0.25, -0.2) is 0 Å². The first kappa shape index (κ1) is 19.1. The minimum absolute atomic E-state index is 0.0633. The van der Waals surface area contributed by atoms with E-state index >= 15 is 0 Å². The lowest BCUT2D eigenvalue weighted by atomic mass is 10.1. The Kier molecular flexibility index (Phi) is 5.07. The highest BCUT2D eigenvalue weighted by Gasteiger charge is 2.22. The standard InChI is InChI=1S/C22H22N4O2S/c1-3-10-26-21(28)17-9-8-15(13-18(17)23-22(26)29)20(27)25-12-11-24(2)19-7-5-4-6-16(19)14-25/h3-9,13H,1,10-12,14H2,2H3,(H,23,29). The topological polar surface area (TPSA) is 61.3 Å². The zero-order valence-corrected chi connectivity index (χ0v) is 17.0. The molecule has 1 aromatic heterocycles. The number of carbonyl (C=O) groups is 1. The Balaban J connectivity index is 1.70. The molecule has 0 unspecified atom stereocenters. The number of anilines is 1. The Morgan fingerprint density at radius 3 is 2.83 bits per heavy atom. The Bertz CT molecular complexity index is 1230. The molecule has 4 rings (SSSR count). The molecule has 148 valence electrons. The molecule has 3 aromatic rings. The highest BCUT2D eigenvalue weighted by atomic mass is 32.1. The van der Waals surface area contributed by atoms with Gasteiger partial charge in [-0.05, 0) is 42.0 Å². The number of aromatic nitrogens is 2. The maximum atomic E-state index is 13.2. The number of nitrogens with zero attached hydrogens (tertiary/aromatic N) is 3. The van der Waals surface area contributed by atoms with Gasteiger partial charge in [-0.1, -0.05) is 24.3 Å². The number of nitrogens with one attached hydrogen (secondary N) is 1. The van der Waals surface area contributed by atoms with E-state index in [9.17, 15) is 9.59 Å². The summed E-state index contributed by atoms with van der Waals surface area (Å²) in [4.78, 5) is 33.0. The van der Waals surface area contributed by atoms with E-state index in [1.807, 2.05) is 24.1 Å². The molecule has 1 aliphatic rings. The summed E-state index contributed by atoms with van der Waals surface area (Å²) in [7, 11) is 2.04. The van der Waals surface area contributed by atoms with E-state index in [0.717, 1.165) is 17.8 Å². The molecular formula is C22H22N4O2S. The quantitative estimate of drug-likeness (QED) is 0.535. The third-order valence-electron chi connectivity index (χ3n) is 5.30. The minimum Gasteiger partial charge on any atom is -0.373 e. The van der Waals surface area contributed by atoms with Gasteiger partial charge in [-0.15, -0.1) is 6.58 Å². The van der Waals surface area contributed by atoms with Crippen LogP contribution in [0.15, 0.2) is 59.9 Å². The normalized spacial score (nSPS) is 13.8. The molecule has 2 heterocycles. The van der Waals surface area contributed by atoms with Crippen molar-refractivity contribution in [2.24, 2.45) is 0 Å². The van der Waals surface area contributed by atoms with Crippen molar-refractivity contribution in [2.45, 2.75) is 13.1 Å². The number of rotatable bonds is 3. The van der Waals surface area contributed by atoms with E-state index in [1.54, 1.807) is 24.3 Å². The Labute approximate surface area is 173 Å². The number of H-pyrrole nitrogens is 1. The fourth-order valence-electron chi connectivity index (χ4n) is 3.73. The van der Waals surface area contributed by atoms with Crippen LogP contribution >= 0.6 is 12.2 Å². The Morgan fingerprint density at radius 1 is 1.24 bits per heavy atom. The first-order valence-corrected chi connectivity index (χ1v) is 9.86. The van der Waals surface area contributed by atoms with Crippen molar-refractivity contribution < 1.29 is 4.79 Å². The van der Waals surface area contributed by atoms with Gasteiger partial charge in [0.25, 0.3) is 11.5 Å². The van der Waals surface area contributed by atoms with Crippen LogP contribution in [0.25, 0.3) is 10.9 Å². The molecule has 7 heteroatoms. The van der Waals surface area contributed by atoms with Gasteiger partial charge in [0.15, 0.2) is 4.77 Å². The van der Waals surface area contributed by atoms with E-state index in [4.69, 9.17) is 12.2 Å². The van der Waals surface area contributed by atoms with Crippen LogP contribution in [0.4, 0.5) is 5.69 Å². The van der Waals surface area contributed by atoms with Crippen molar-refractivity contribution in [2.75, 3.05) is 25.0 Å². The van der Waals surface area contributed by atoms with Crippen molar-refractivity contribution in [3.05, 3.63) is 81.4 Å². The molecule has 0 fully saturated rings. The summed E-state index contributed by atoms with van der Waals surface area (Å²) < 4.78 is 1.77. The van der Waals surface area contributed by atoms with Crippen LogP contribution in [0.3, 0.4) is 0 Å². The monoisotopic (exact) mass is 406 g/mol. The predicted molar refractivity (Wildman–Crippen MR) is 118 cm³/mol. The van der Waals surface area contributed by atoms with Crippen LogP contribution in [0.1, 0.15) is 15.9 Å². The largest absolute Gasteiger partial charge is 0.373 e. The van der Waals surface area contributed by atoms with E-state index in [0.29, 0.717) is 40.9 Å². The van der Waals surface area contributed by atoms with Gasteiger partial charge in [0.2, 0.25) is 0 Å². The van der Waals surface area contributed by atoms with Crippen LogP contribution in [0, 0.1) is 4.77 Å². The second kappa shape index (κ2) is 7.67. The lowest BCUT2D eigenvalue weighted by Crippen LogP contribution is -2.34. The molecule has 0 atom stereocenters. The maximum absolute atomic E-state index is 13.2. The average Bonchev–Trinajstić information content (AvgIpc) is 2.89. The lowest BCUT2D eigenvalue weighted by Gasteiger charge is -2.21. The third kappa shape index (κ3) is 3.49. The smallest absolute Gasteiger partial charge is 0.262 e. The molecule has 29 heavy (non-hydrogen) atoms. The number of amides is 1. The number of likely N-dealkylation sites (N-methyl/N-ethyl adjacent to an activating group) is 1. The fourth-order valence-corrected chi connectivity index (χ4v) is 4.00. The summed E-state index contributed by atoms with van der Waals surface area (Å²) in [6.07, 6.45) is 1.63. The van der Waals surface area contributed by atoms with Crippen LogP contribution < -0.4 is 10.5 Å². The Morgan fingerprint density at radius 2 is 2.03 bits per heavy atom. The maximum Gasteiger partial charge on any atom is 0.262 e. The number of hydrogen-bond donors (Lipinski definition) is 1. The fraction of sp³-hybridized carbons (Fsp3) is 0.227. The van der Waals surface area contributed by atoms with Gasteiger partial charge in [-0.3, -0.25) is 14.2 Å². The van der Waals surface area contributed by atoms with Gasteiger partial charge in [-0.2, -0.15) is 0 Å². The number of aromatic amines is 1. The molecular weight excluding hydrogens is 384 g/mol. The van der Waals surface area contributed by atoms with Crippen LogP contribution in [-0.2, 0) is 13.1 Å². The summed E-state index contributed by atoms with van der Waals surface area (Å²) in [5, 5.41) is 0.498. The summed E-state index contributed by atoms with van der Waals surface area (Å²) in [5.41, 5.74) is 3.18. The van der Waals surface area contributed by atoms with Gasteiger partial charge in [0.1, 0.15) is 0 Å². The molecule has 0 saturated carbocycles. The molecule has 0 radical (unpaired) electrons. The summed E-state index contributed by atoms with van der Waals surface area (Å²) in [6, 6.07) is 13.2. The first-order valence-electron chi connectivity index (χ1n) is 9.45. The number of allylic oxidation sites excluding steroid dienone is 1. The van der Waals surface area contributed by atoms with Crippen molar-refractivity contribution in [1.29, 1.82) is 0 Å². The first-order chi connectivity index (χ1) is 14.0. The van der Waals surface area contributed by atoms with E-state index in [1.165, 1.54) is 4.57 Å². The zero-order valence-electron chi connectivity index (χ0n) is 16.2. The molecule has 0 saturated heterocycles. The average molecular weight is 407 g/mol. The zero-order chi connectivity index (χ0) is 20.5. The van der Waals surface area contributed by atoms with Crippen molar-refractivity contribution in [3.8, 4) is 0 Å². The van der Waals surface area contributed by atoms with E-state index in [2.05, 4.69) is 28.6 Å².